The van der Waals surface area contributed by atoms with Gasteiger partial charge in [0.2, 0.25) is 10.0 Å². The Bertz CT molecular complexity index is 643. The molecule has 19 heavy (non-hydrogen) atoms. The van der Waals surface area contributed by atoms with Gasteiger partial charge in [-0.3, -0.25) is 4.72 Å². The lowest BCUT2D eigenvalue weighted by Crippen LogP contribution is -2.19. The molecule has 0 saturated carbocycles. The van der Waals surface area contributed by atoms with E-state index in [2.05, 4.69) is 9.82 Å². The summed E-state index contributed by atoms with van der Waals surface area (Å²) in [5, 5.41) is 6.20. The topological polar surface area (TPSA) is 64.0 Å². The van der Waals surface area contributed by atoms with Gasteiger partial charge in [-0.1, -0.05) is 6.92 Å². The highest BCUT2D eigenvalue weighted by molar-refractivity contribution is 7.92. The minimum atomic E-state index is -3.27. The fourth-order valence-corrected chi connectivity index (χ4v) is 3.75. The van der Waals surface area contributed by atoms with Crippen molar-refractivity contribution in [3.05, 3.63) is 34.2 Å². The first-order chi connectivity index (χ1) is 9.02. The Kier molecular flexibility index (Phi) is 4.26. The Morgan fingerprint density at radius 1 is 1.42 bits per heavy atom. The second-order valence-corrected chi connectivity index (χ2v) is 7.16. The van der Waals surface area contributed by atoms with Crippen LogP contribution in [0, 0.1) is 6.92 Å². The monoisotopic (exact) mass is 299 g/mol. The molecular weight excluding hydrogens is 282 g/mol. The van der Waals surface area contributed by atoms with Gasteiger partial charge in [0.25, 0.3) is 0 Å². The lowest BCUT2D eigenvalue weighted by atomic mass is 10.3. The summed E-state index contributed by atoms with van der Waals surface area (Å²) in [5.74, 6) is 0.636. The zero-order valence-electron chi connectivity index (χ0n) is 11.0. The van der Waals surface area contributed by atoms with Crippen LogP contribution in [0.5, 0.6) is 0 Å². The van der Waals surface area contributed by atoms with E-state index >= 15 is 0 Å². The molecule has 0 unspecified atom stereocenters. The summed E-state index contributed by atoms with van der Waals surface area (Å²) in [7, 11) is -3.27. The summed E-state index contributed by atoms with van der Waals surface area (Å²) < 4.78 is 27.8. The molecule has 0 saturated heterocycles. The summed E-state index contributed by atoms with van der Waals surface area (Å²) >= 11 is 1.65. The minimum Gasteiger partial charge on any atom is -0.268 e. The molecule has 0 aliphatic carbocycles. The quantitative estimate of drug-likeness (QED) is 0.891. The van der Waals surface area contributed by atoms with Gasteiger partial charge in [0, 0.05) is 10.9 Å². The number of thiophene rings is 1. The third-order valence-electron chi connectivity index (χ3n) is 2.71. The predicted molar refractivity (Wildman–Crippen MR) is 78.1 cm³/mol. The van der Waals surface area contributed by atoms with E-state index in [1.807, 2.05) is 25.3 Å². The molecule has 2 rings (SSSR count). The van der Waals surface area contributed by atoms with Gasteiger partial charge in [-0.15, -0.1) is 11.3 Å². The largest absolute Gasteiger partial charge is 0.268 e. The highest BCUT2D eigenvalue weighted by atomic mass is 32.2. The number of hydrogen-bond donors (Lipinski definition) is 1. The lowest BCUT2D eigenvalue weighted by molar-refractivity contribution is 0.598. The SMILES string of the molecule is CCCS(=O)(=O)Nc1ccnn1Cc1sccc1C. The van der Waals surface area contributed by atoms with Crippen LogP contribution >= 0.6 is 11.3 Å². The highest BCUT2D eigenvalue weighted by Gasteiger charge is 2.13. The van der Waals surface area contributed by atoms with Crippen LogP contribution in [0.4, 0.5) is 5.82 Å². The standard InChI is InChI=1S/C12H17N3O2S2/c1-3-8-19(16,17)14-12-4-6-13-15(12)9-11-10(2)5-7-18-11/h4-7,14H,3,8-9H2,1-2H3. The van der Waals surface area contributed by atoms with E-state index in [0.717, 1.165) is 0 Å². The smallest absolute Gasteiger partial charge is 0.233 e. The number of sulfonamides is 1. The van der Waals surface area contributed by atoms with E-state index < -0.39 is 10.0 Å². The van der Waals surface area contributed by atoms with Crippen LogP contribution in [0.15, 0.2) is 23.7 Å². The van der Waals surface area contributed by atoms with Gasteiger partial charge in [-0.25, -0.2) is 13.1 Å². The van der Waals surface area contributed by atoms with Crippen molar-refractivity contribution >= 4 is 27.2 Å². The third kappa shape index (κ3) is 3.57. The molecule has 0 radical (unpaired) electrons. The molecule has 0 spiro atoms. The van der Waals surface area contributed by atoms with Crippen molar-refractivity contribution in [2.45, 2.75) is 26.8 Å². The molecule has 2 heterocycles. The average molecular weight is 299 g/mol. The van der Waals surface area contributed by atoms with Crippen molar-refractivity contribution in [3.8, 4) is 0 Å². The number of rotatable bonds is 6. The first-order valence-electron chi connectivity index (χ1n) is 6.07. The van der Waals surface area contributed by atoms with Crippen LogP contribution < -0.4 is 4.72 Å². The second kappa shape index (κ2) is 5.75. The fraction of sp³-hybridized carbons (Fsp3) is 0.417. The van der Waals surface area contributed by atoms with Gasteiger partial charge in [-0.2, -0.15) is 5.10 Å². The first-order valence-corrected chi connectivity index (χ1v) is 8.60. The molecule has 104 valence electrons. The molecule has 2 aromatic heterocycles. The summed E-state index contributed by atoms with van der Waals surface area (Å²) in [4.78, 5) is 1.18. The molecule has 0 bridgehead atoms. The molecule has 1 N–H and O–H groups in total. The molecule has 7 heteroatoms. The molecular formula is C12H17N3O2S2. The van der Waals surface area contributed by atoms with Crippen LogP contribution in [-0.4, -0.2) is 24.0 Å². The highest BCUT2D eigenvalue weighted by Crippen LogP contribution is 2.19. The van der Waals surface area contributed by atoms with Crippen LogP contribution in [-0.2, 0) is 16.6 Å². The van der Waals surface area contributed by atoms with Crippen molar-refractivity contribution in [2.75, 3.05) is 10.5 Å². The maximum atomic E-state index is 11.8. The predicted octanol–water partition coefficient (Wildman–Crippen LogP) is 2.45. The summed E-state index contributed by atoms with van der Waals surface area (Å²) in [5.41, 5.74) is 1.20. The number of nitrogens with zero attached hydrogens (tertiary/aromatic N) is 2. The van der Waals surface area contributed by atoms with Crippen LogP contribution in [0.1, 0.15) is 23.8 Å². The Morgan fingerprint density at radius 2 is 2.21 bits per heavy atom. The van der Waals surface area contributed by atoms with Gasteiger partial charge >= 0.3 is 0 Å². The first kappa shape index (κ1) is 14.1. The molecule has 0 fully saturated rings. The Hall–Kier alpha value is -1.34. The number of anilines is 1. The molecule has 0 amide bonds. The van der Waals surface area contributed by atoms with Crippen LogP contribution in [0.3, 0.4) is 0 Å². The number of aromatic nitrogens is 2. The van der Waals surface area contributed by atoms with Gasteiger partial charge in [-0.05, 0) is 30.4 Å². The average Bonchev–Trinajstić information content (AvgIpc) is 2.90. The molecule has 5 nitrogen and oxygen atoms in total. The van der Waals surface area contributed by atoms with Gasteiger partial charge in [0.15, 0.2) is 0 Å². The fourth-order valence-electron chi connectivity index (χ4n) is 1.73. The van der Waals surface area contributed by atoms with Gasteiger partial charge in [0.1, 0.15) is 5.82 Å². The van der Waals surface area contributed by atoms with Crippen molar-refractivity contribution in [1.82, 2.24) is 9.78 Å². The molecule has 0 aliphatic rings. The Labute approximate surface area is 117 Å². The van der Waals surface area contributed by atoms with Crippen molar-refractivity contribution in [1.29, 1.82) is 0 Å². The van der Waals surface area contributed by atoms with Gasteiger partial charge < -0.3 is 0 Å². The Balaban J connectivity index is 2.17. The molecule has 0 atom stereocenters. The minimum absolute atomic E-state index is 0.121. The maximum absolute atomic E-state index is 11.8. The molecule has 0 aromatic carbocycles. The van der Waals surface area contributed by atoms with Crippen molar-refractivity contribution in [3.63, 3.8) is 0 Å². The number of hydrogen-bond acceptors (Lipinski definition) is 4. The Morgan fingerprint density at radius 3 is 2.84 bits per heavy atom. The zero-order chi connectivity index (χ0) is 13.9. The van der Waals surface area contributed by atoms with Crippen molar-refractivity contribution in [2.24, 2.45) is 0 Å². The number of nitrogens with one attached hydrogen (secondary N) is 1. The molecule has 2 aromatic rings. The van der Waals surface area contributed by atoms with Crippen LogP contribution in [0.2, 0.25) is 0 Å². The van der Waals surface area contributed by atoms with E-state index in [1.165, 1.54) is 10.4 Å². The van der Waals surface area contributed by atoms with Crippen molar-refractivity contribution < 1.29 is 8.42 Å². The van der Waals surface area contributed by atoms with E-state index in [1.54, 1.807) is 28.3 Å². The van der Waals surface area contributed by atoms with E-state index in [0.29, 0.717) is 18.8 Å². The van der Waals surface area contributed by atoms with E-state index in [4.69, 9.17) is 0 Å². The van der Waals surface area contributed by atoms with Gasteiger partial charge in [0.05, 0.1) is 18.5 Å². The molecule has 0 aliphatic heterocycles. The number of aryl methyl sites for hydroxylation is 1. The second-order valence-electron chi connectivity index (χ2n) is 4.32. The lowest BCUT2D eigenvalue weighted by Gasteiger charge is -2.09. The van der Waals surface area contributed by atoms with E-state index in [-0.39, 0.29) is 5.75 Å². The van der Waals surface area contributed by atoms with Crippen LogP contribution in [0.25, 0.3) is 0 Å². The summed E-state index contributed by atoms with van der Waals surface area (Å²) in [6.07, 6.45) is 2.19. The zero-order valence-corrected chi connectivity index (χ0v) is 12.6. The summed E-state index contributed by atoms with van der Waals surface area (Å²) in [6, 6.07) is 3.72. The van der Waals surface area contributed by atoms with E-state index in [9.17, 15) is 8.42 Å². The maximum Gasteiger partial charge on any atom is 0.233 e. The third-order valence-corrected chi connectivity index (χ3v) is 5.18. The summed E-state index contributed by atoms with van der Waals surface area (Å²) in [6.45, 7) is 4.46. The normalized spacial score (nSPS) is 11.7.